The second-order valence-corrected chi connectivity index (χ2v) is 5.15. The summed E-state index contributed by atoms with van der Waals surface area (Å²) in [5, 5.41) is 9.79. The van der Waals surface area contributed by atoms with Gasteiger partial charge >= 0.3 is 5.97 Å². The summed E-state index contributed by atoms with van der Waals surface area (Å²) in [6.07, 6.45) is 2.44. The van der Waals surface area contributed by atoms with E-state index in [1.54, 1.807) is 19.1 Å². The number of hydrogen-bond acceptors (Lipinski definition) is 7. The van der Waals surface area contributed by atoms with Crippen LogP contribution in [0.2, 0.25) is 0 Å². The molecule has 3 aromatic heterocycles. The van der Waals surface area contributed by atoms with Gasteiger partial charge in [-0.1, -0.05) is 6.07 Å². The Kier molecular flexibility index (Phi) is 3.74. The van der Waals surface area contributed by atoms with Crippen molar-refractivity contribution in [3.8, 4) is 10.8 Å². The second-order valence-electron chi connectivity index (χ2n) is 4.21. The van der Waals surface area contributed by atoms with E-state index in [0.29, 0.717) is 11.5 Å². The minimum Gasteiger partial charge on any atom is -0.449 e. The smallest absolute Gasteiger partial charge is 0.339 e. The number of nitrogens with zero attached hydrogens (tertiary/aromatic N) is 3. The van der Waals surface area contributed by atoms with Gasteiger partial charge in [-0.2, -0.15) is 0 Å². The molecule has 0 radical (unpaired) electrons. The highest BCUT2D eigenvalue weighted by atomic mass is 32.1. The average molecular weight is 301 g/mol. The highest BCUT2D eigenvalue weighted by Gasteiger charge is 2.20. The third-order valence-corrected chi connectivity index (χ3v) is 3.58. The Morgan fingerprint density at radius 3 is 2.81 bits per heavy atom. The molecule has 3 heterocycles. The second kappa shape index (κ2) is 5.84. The van der Waals surface area contributed by atoms with Gasteiger partial charge in [-0.05, 0) is 30.5 Å². The Bertz CT molecular complexity index is 725. The molecule has 1 atom stereocenters. The van der Waals surface area contributed by atoms with E-state index in [1.165, 1.54) is 23.7 Å². The molecule has 0 fully saturated rings. The number of carbonyl (C=O) groups excluding carboxylic acids is 1. The topological polar surface area (TPSA) is 78.1 Å². The van der Waals surface area contributed by atoms with Crippen LogP contribution in [0.4, 0.5) is 0 Å². The summed E-state index contributed by atoms with van der Waals surface area (Å²) in [4.78, 5) is 16.7. The minimum atomic E-state index is -0.619. The summed E-state index contributed by atoms with van der Waals surface area (Å²) in [5.74, 6) is 0.230. The fourth-order valence-electron chi connectivity index (χ4n) is 1.67. The number of ether oxygens (including phenoxy) is 1. The van der Waals surface area contributed by atoms with Crippen LogP contribution in [0.25, 0.3) is 10.8 Å². The number of aromatic nitrogens is 3. The summed E-state index contributed by atoms with van der Waals surface area (Å²) in [5.41, 5.74) is 0.426. The fourth-order valence-corrected chi connectivity index (χ4v) is 2.31. The predicted octanol–water partition coefficient (Wildman–Crippen LogP) is 3.11. The molecule has 0 unspecified atom stereocenters. The van der Waals surface area contributed by atoms with Crippen molar-refractivity contribution in [3.05, 3.63) is 53.5 Å². The molecule has 0 aliphatic carbocycles. The maximum absolute atomic E-state index is 11.9. The zero-order valence-corrected chi connectivity index (χ0v) is 11.9. The highest BCUT2D eigenvalue weighted by molar-refractivity contribution is 7.13. The first-order chi connectivity index (χ1) is 10.2. The summed E-state index contributed by atoms with van der Waals surface area (Å²) in [6, 6.07) is 6.95. The molecule has 0 saturated heterocycles. The molecule has 0 N–H and O–H groups in total. The molecule has 0 saturated carbocycles. The number of carbonyl (C=O) groups is 1. The predicted molar refractivity (Wildman–Crippen MR) is 75.7 cm³/mol. The molecule has 0 bridgehead atoms. The van der Waals surface area contributed by atoms with E-state index in [9.17, 15) is 4.79 Å². The SMILES string of the molecule is C[C@@H](OC(=O)c1ccncc1)c1nnc(-c2cccs2)o1. The lowest BCUT2D eigenvalue weighted by molar-refractivity contribution is 0.0280. The molecule has 0 aliphatic heterocycles. The van der Waals surface area contributed by atoms with Crippen LogP contribution in [0.15, 0.2) is 46.5 Å². The van der Waals surface area contributed by atoms with E-state index in [1.807, 2.05) is 17.5 Å². The van der Waals surface area contributed by atoms with E-state index < -0.39 is 12.1 Å². The van der Waals surface area contributed by atoms with E-state index in [-0.39, 0.29) is 5.89 Å². The molecule has 7 heteroatoms. The Morgan fingerprint density at radius 1 is 1.29 bits per heavy atom. The van der Waals surface area contributed by atoms with Crippen molar-refractivity contribution in [2.75, 3.05) is 0 Å². The van der Waals surface area contributed by atoms with Crippen molar-refractivity contribution >= 4 is 17.3 Å². The van der Waals surface area contributed by atoms with Crippen LogP contribution in [0.1, 0.15) is 29.3 Å². The van der Waals surface area contributed by atoms with Crippen molar-refractivity contribution in [2.45, 2.75) is 13.0 Å². The lowest BCUT2D eigenvalue weighted by Gasteiger charge is -2.08. The number of rotatable bonds is 4. The van der Waals surface area contributed by atoms with E-state index in [2.05, 4.69) is 15.2 Å². The molecule has 106 valence electrons. The largest absolute Gasteiger partial charge is 0.449 e. The van der Waals surface area contributed by atoms with Crippen LogP contribution in [0, 0.1) is 0 Å². The number of thiophene rings is 1. The molecule has 0 aromatic carbocycles. The average Bonchev–Trinajstić information content (AvgIpc) is 3.19. The molecule has 3 rings (SSSR count). The van der Waals surface area contributed by atoms with Crippen LogP contribution in [-0.2, 0) is 4.74 Å². The third-order valence-electron chi connectivity index (χ3n) is 2.72. The first-order valence-corrected chi connectivity index (χ1v) is 7.10. The lowest BCUT2D eigenvalue weighted by Crippen LogP contribution is -2.09. The molecule has 21 heavy (non-hydrogen) atoms. The van der Waals surface area contributed by atoms with Gasteiger partial charge in [-0.3, -0.25) is 4.98 Å². The van der Waals surface area contributed by atoms with Gasteiger partial charge in [0.25, 0.3) is 11.8 Å². The lowest BCUT2D eigenvalue weighted by atomic mass is 10.3. The van der Waals surface area contributed by atoms with Gasteiger partial charge < -0.3 is 9.15 Å². The zero-order valence-electron chi connectivity index (χ0n) is 11.1. The maximum atomic E-state index is 11.9. The van der Waals surface area contributed by atoms with Crippen LogP contribution in [0.3, 0.4) is 0 Å². The van der Waals surface area contributed by atoms with Crippen LogP contribution >= 0.6 is 11.3 Å². The van der Waals surface area contributed by atoms with Gasteiger partial charge in [0.15, 0.2) is 6.10 Å². The number of pyridine rings is 1. The van der Waals surface area contributed by atoms with Crippen LogP contribution in [0.5, 0.6) is 0 Å². The first kappa shape index (κ1) is 13.4. The molecular weight excluding hydrogens is 290 g/mol. The van der Waals surface area contributed by atoms with Gasteiger partial charge in [0.05, 0.1) is 10.4 Å². The molecule has 6 nitrogen and oxygen atoms in total. The monoisotopic (exact) mass is 301 g/mol. The molecule has 0 spiro atoms. The molecule has 0 amide bonds. The zero-order chi connectivity index (χ0) is 14.7. The van der Waals surface area contributed by atoms with Crippen molar-refractivity contribution in [3.63, 3.8) is 0 Å². The summed E-state index contributed by atoms with van der Waals surface area (Å²) >= 11 is 1.50. The van der Waals surface area contributed by atoms with Gasteiger partial charge in [0.1, 0.15) is 0 Å². The number of hydrogen-bond donors (Lipinski definition) is 0. The van der Waals surface area contributed by atoms with Crippen LogP contribution in [-0.4, -0.2) is 21.2 Å². The quantitative estimate of drug-likeness (QED) is 0.689. The van der Waals surface area contributed by atoms with Gasteiger partial charge in [0, 0.05) is 12.4 Å². The maximum Gasteiger partial charge on any atom is 0.339 e. The van der Waals surface area contributed by atoms with E-state index in [0.717, 1.165) is 4.88 Å². The Morgan fingerprint density at radius 2 is 2.10 bits per heavy atom. The molecular formula is C14H11N3O3S. The molecule has 3 aromatic rings. The fraction of sp³-hybridized carbons (Fsp3) is 0.143. The standard InChI is InChI=1S/C14H11N3O3S/c1-9(19-14(18)10-4-6-15-7-5-10)12-16-17-13(20-12)11-3-2-8-21-11/h2-9H,1H3/t9-/m1/s1. The van der Waals surface area contributed by atoms with Gasteiger partial charge in [-0.25, -0.2) is 4.79 Å². The first-order valence-electron chi connectivity index (χ1n) is 6.22. The normalized spacial score (nSPS) is 12.0. The van der Waals surface area contributed by atoms with E-state index >= 15 is 0 Å². The molecule has 0 aliphatic rings. The highest BCUT2D eigenvalue weighted by Crippen LogP contribution is 2.26. The Balaban J connectivity index is 1.71. The summed E-state index contributed by atoms with van der Waals surface area (Å²) in [6.45, 7) is 1.69. The van der Waals surface area contributed by atoms with Gasteiger partial charge in [-0.15, -0.1) is 21.5 Å². The minimum absolute atomic E-state index is 0.265. The Hall–Kier alpha value is -2.54. The third kappa shape index (κ3) is 2.97. The summed E-state index contributed by atoms with van der Waals surface area (Å²) < 4.78 is 10.8. The van der Waals surface area contributed by atoms with Crippen molar-refractivity contribution in [2.24, 2.45) is 0 Å². The summed E-state index contributed by atoms with van der Waals surface area (Å²) in [7, 11) is 0. The van der Waals surface area contributed by atoms with Crippen molar-refractivity contribution in [1.82, 2.24) is 15.2 Å². The van der Waals surface area contributed by atoms with Crippen molar-refractivity contribution < 1.29 is 13.9 Å². The van der Waals surface area contributed by atoms with E-state index in [4.69, 9.17) is 9.15 Å². The van der Waals surface area contributed by atoms with Crippen molar-refractivity contribution in [1.29, 1.82) is 0 Å². The van der Waals surface area contributed by atoms with Crippen LogP contribution < -0.4 is 0 Å². The Labute approximate surface area is 124 Å². The van der Waals surface area contributed by atoms with Gasteiger partial charge in [0.2, 0.25) is 0 Å². The number of esters is 1.